The van der Waals surface area contributed by atoms with Gasteiger partial charge in [-0.05, 0) is 24.8 Å². The average Bonchev–Trinajstić information content (AvgIpc) is 3.04. The second kappa shape index (κ2) is 5.11. The van der Waals surface area contributed by atoms with Gasteiger partial charge in [-0.2, -0.15) is 0 Å². The predicted octanol–water partition coefficient (Wildman–Crippen LogP) is 3.11. The fourth-order valence-electron chi connectivity index (χ4n) is 1.91. The molecule has 1 fully saturated rings. The first kappa shape index (κ1) is 13.1. The molecule has 0 aliphatic carbocycles. The van der Waals surface area contributed by atoms with Gasteiger partial charge in [0.2, 0.25) is 0 Å². The molecule has 1 aliphatic heterocycles. The Morgan fingerprint density at radius 1 is 1.39 bits per heavy atom. The maximum Gasteiger partial charge on any atom is 0.341 e. The normalized spacial score (nSPS) is 26.1. The average molecular weight is 248 g/mol. The third-order valence-electron chi connectivity index (χ3n) is 3.24. The summed E-state index contributed by atoms with van der Waals surface area (Å²) in [5.74, 6) is 0.285. The number of esters is 1. The van der Waals surface area contributed by atoms with Gasteiger partial charge in [0.1, 0.15) is 6.10 Å². The molecule has 98 valence electrons. The molecule has 0 bridgehead atoms. The van der Waals surface area contributed by atoms with E-state index in [0.29, 0.717) is 12.5 Å². The molecule has 1 aliphatic rings. The van der Waals surface area contributed by atoms with Crippen molar-refractivity contribution >= 4 is 5.97 Å². The van der Waals surface area contributed by atoms with Crippen molar-refractivity contribution in [2.45, 2.75) is 38.9 Å². The van der Waals surface area contributed by atoms with E-state index in [1.165, 1.54) is 0 Å². The highest BCUT2D eigenvalue weighted by Gasteiger charge is 2.60. The first-order valence-corrected chi connectivity index (χ1v) is 6.44. The van der Waals surface area contributed by atoms with Gasteiger partial charge in [-0.1, -0.05) is 44.2 Å². The summed E-state index contributed by atoms with van der Waals surface area (Å²) in [7, 11) is 0. The standard InChI is InChI=1S/C15H20O3/c1-11(2)9-10-17-14(16)15(3)13(18-15)12-7-5-4-6-8-12/h4-8,11,13H,9-10H2,1-3H3/t13-,15+/m0/s1. The maximum absolute atomic E-state index is 11.9. The summed E-state index contributed by atoms with van der Waals surface area (Å²) in [5.41, 5.74) is 0.235. The quantitative estimate of drug-likeness (QED) is 0.593. The molecule has 3 heteroatoms. The van der Waals surface area contributed by atoms with Crippen molar-refractivity contribution in [1.82, 2.24) is 0 Å². The number of rotatable bonds is 5. The van der Waals surface area contributed by atoms with E-state index in [9.17, 15) is 4.79 Å². The smallest absolute Gasteiger partial charge is 0.341 e. The van der Waals surface area contributed by atoms with Gasteiger partial charge in [-0.25, -0.2) is 4.79 Å². The Hall–Kier alpha value is -1.35. The molecule has 0 saturated carbocycles. The van der Waals surface area contributed by atoms with E-state index in [1.807, 2.05) is 30.3 Å². The monoisotopic (exact) mass is 248 g/mol. The number of benzene rings is 1. The third-order valence-corrected chi connectivity index (χ3v) is 3.24. The molecule has 0 spiro atoms. The molecule has 0 radical (unpaired) electrons. The number of carbonyl (C=O) groups is 1. The number of epoxide rings is 1. The summed E-state index contributed by atoms with van der Waals surface area (Å²) in [4.78, 5) is 11.9. The Morgan fingerprint density at radius 3 is 2.67 bits per heavy atom. The molecule has 0 N–H and O–H groups in total. The van der Waals surface area contributed by atoms with Gasteiger partial charge in [-0.15, -0.1) is 0 Å². The van der Waals surface area contributed by atoms with Crippen molar-refractivity contribution in [2.24, 2.45) is 5.92 Å². The van der Waals surface area contributed by atoms with Crippen LogP contribution >= 0.6 is 0 Å². The largest absolute Gasteiger partial charge is 0.463 e. The minimum atomic E-state index is -0.793. The van der Waals surface area contributed by atoms with Crippen LogP contribution in [-0.2, 0) is 14.3 Å². The lowest BCUT2D eigenvalue weighted by Gasteiger charge is -2.09. The van der Waals surface area contributed by atoms with Gasteiger partial charge in [0, 0.05) is 0 Å². The van der Waals surface area contributed by atoms with Crippen LogP contribution in [-0.4, -0.2) is 18.2 Å². The molecule has 18 heavy (non-hydrogen) atoms. The number of hydrogen-bond donors (Lipinski definition) is 0. The van der Waals surface area contributed by atoms with Crippen LogP contribution in [0.2, 0.25) is 0 Å². The maximum atomic E-state index is 11.9. The van der Waals surface area contributed by atoms with E-state index in [-0.39, 0.29) is 12.1 Å². The molecule has 1 aromatic rings. The Labute approximate surface area is 108 Å². The molecule has 0 unspecified atom stereocenters. The minimum Gasteiger partial charge on any atom is -0.463 e. The second-order valence-corrected chi connectivity index (χ2v) is 5.33. The van der Waals surface area contributed by atoms with Gasteiger partial charge in [0.05, 0.1) is 6.61 Å². The van der Waals surface area contributed by atoms with Crippen LogP contribution in [0.25, 0.3) is 0 Å². The summed E-state index contributed by atoms with van der Waals surface area (Å²) >= 11 is 0. The highest BCUT2D eigenvalue weighted by molar-refractivity contribution is 5.83. The first-order chi connectivity index (χ1) is 8.54. The van der Waals surface area contributed by atoms with Crippen LogP contribution in [0.5, 0.6) is 0 Å². The molecule has 2 rings (SSSR count). The number of ether oxygens (including phenoxy) is 2. The second-order valence-electron chi connectivity index (χ2n) is 5.33. The fourth-order valence-corrected chi connectivity index (χ4v) is 1.91. The van der Waals surface area contributed by atoms with Crippen LogP contribution in [0.1, 0.15) is 38.9 Å². The van der Waals surface area contributed by atoms with Crippen molar-refractivity contribution in [1.29, 1.82) is 0 Å². The lowest BCUT2D eigenvalue weighted by molar-refractivity contribution is -0.149. The zero-order valence-corrected chi connectivity index (χ0v) is 11.2. The zero-order chi connectivity index (χ0) is 13.2. The Bertz CT molecular complexity index is 413. The summed E-state index contributed by atoms with van der Waals surface area (Å²) in [6.07, 6.45) is 0.725. The van der Waals surface area contributed by atoms with Crippen molar-refractivity contribution < 1.29 is 14.3 Å². The van der Waals surface area contributed by atoms with Gasteiger partial charge in [-0.3, -0.25) is 0 Å². The lowest BCUT2D eigenvalue weighted by atomic mass is 10.0. The van der Waals surface area contributed by atoms with E-state index in [4.69, 9.17) is 9.47 Å². The Morgan fingerprint density at radius 2 is 2.06 bits per heavy atom. The number of carbonyl (C=O) groups excluding carboxylic acids is 1. The van der Waals surface area contributed by atoms with Crippen molar-refractivity contribution in [2.75, 3.05) is 6.61 Å². The molecular weight excluding hydrogens is 228 g/mol. The Balaban J connectivity index is 1.89. The van der Waals surface area contributed by atoms with Gasteiger partial charge in [0.25, 0.3) is 0 Å². The highest BCUT2D eigenvalue weighted by Crippen LogP contribution is 2.50. The topological polar surface area (TPSA) is 38.8 Å². The van der Waals surface area contributed by atoms with Crippen LogP contribution in [0.4, 0.5) is 0 Å². The predicted molar refractivity (Wildman–Crippen MR) is 69.1 cm³/mol. The van der Waals surface area contributed by atoms with E-state index < -0.39 is 5.60 Å². The SMILES string of the molecule is CC(C)CCOC(=O)[C@]1(C)O[C@H]1c1ccccc1. The Kier molecular flexibility index (Phi) is 3.71. The summed E-state index contributed by atoms with van der Waals surface area (Å²) in [5, 5.41) is 0. The minimum absolute atomic E-state index is 0.162. The molecule has 1 heterocycles. The van der Waals surface area contributed by atoms with Gasteiger partial charge in [0.15, 0.2) is 5.60 Å². The highest BCUT2D eigenvalue weighted by atomic mass is 16.7. The molecule has 0 aromatic heterocycles. The molecule has 2 atom stereocenters. The van der Waals surface area contributed by atoms with Crippen LogP contribution in [0.3, 0.4) is 0 Å². The molecule has 0 amide bonds. The van der Waals surface area contributed by atoms with Crippen LogP contribution in [0, 0.1) is 5.92 Å². The van der Waals surface area contributed by atoms with E-state index in [1.54, 1.807) is 6.92 Å². The van der Waals surface area contributed by atoms with Crippen LogP contribution in [0.15, 0.2) is 30.3 Å². The van der Waals surface area contributed by atoms with Crippen molar-refractivity contribution in [3.63, 3.8) is 0 Å². The molecule has 3 nitrogen and oxygen atoms in total. The first-order valence-electron chi connectivity index (χ1n) is 6.44. The van der Waals surface area contributed by atoms with E-state index in [0.717, 1.165) is 12.0 Å². The molecule has 1 aromatic carbocycles. The van der Waals surface area contributed by atoms with Crippen molar-refractivity contribution in [3.8, 4) is 0 Å². The molecular formula is C15H20O3. The van der Waals surface area contributed by atoms with Crippen LogP contribution < -0.4 is 0 Å². The summed E-state index contributed by atoms with van der Waals surface area (Å²) in [6.45, 7) is 6.48. The third kappa shape index (κ3) is 2.72. The number of hydrogen-bond acceptors (Lipinski definition) is 3. The summed E-state index contributed by atoms with van der Waals surface area (Å²) in [6, 6.07) is 9.78. The van der Waals surface area contributed by atoms with Crippen molar-refractivity contribution in [3.05, 3.63) is 35.9 Å². The van der Waals surface area contributed by atoms with E-state index in [2.05, 4.69) is 13.8 Å². The molecule has 1 saturated heterocycles. The van der Waals surface area contributed by atoms with Gasteiger partial charge >= 0.3 is 5.97 Å². The van der Waals surface area contributed by atoms with E-state index >= 15 is 0 Å². The summed E-state index contributed by atoms with van der Waals surface area (Å²) < 4.78 is 10.8. The van der Waals surface area contributed by atoms with Gasteiger partial charge < -0.3 is 9.47 Å². The lowest BCUT2D eigenvalue weighted by Crippen LogP contribution is -2.25. The zero-order valence-electron chi connectivity index (χ0n) is 11.2. The fraction of sp³-hybridized carbons (Fsp3) is 0.533.